The van der Waals surface area contributed by atoms with Gasteiger partial charge in [0.1, 0.15) is 6.04 Å². The van der Waals surface area contributed by atoms with Crippen LogP contribution in [0.5, 0.6) is 0 Å². The van der Waals surface area contributed by atoms with Crippen molar-refractivity contribution in [3.05, 3.63) is 48.1 Å². The maximum atomic E-state index is 11.9. The Labute approximate surface area is 125 Å². The molecule has 0 aromatic carbocycles. The number of carbonyl (C=O) groups excluding carboxylic acids is 2. The lowest BCUT2D eigenvalue weighted by molar-refractivity contribution is -0.142. The fourth-order valence-corrected chi connectivity index (χ4v) is 1.78. The number of methoxy groups -OCH3 is 1. The van der Waals surface area contributed by atoms with E-state index >= 15 is 0 Å². The molecule has 0 aliphatic heterocycles. The first-order valence-corrected chi connectivity index (χ1v) is 6.98. The minimum atomic E-state index is -0.584. The Morgan fingerprint density at radius 3 is 2.67 bits per heavy atom. The molecule has 0 bridgehead atoms. The highest BCUT2D eigenvalue weighted by Gasteiger charge is 2.12. The van der Waals surface area contributed by atoms with Gasteiger partial charge in [-0.2, -0.15) is 0 Å². The zero-order valence-corrected chi connectivity index (χ0v) is 12.2. The minimum Gasteiger partial charge on any atom is -0.468 e. The molecule has 21 heavy (non-hydrogen) atoms. The molecule has 1 aliphatic rings. The van der Waals surface area contributed by atoms with Crippen LogP contribution in [-0.4, -0.2) is 31.6 Å². The zero-order valence-electron chi connectivity index (χ0n) is 12.2. The normalized spacial score (nSPS) is 17.9. The Balaban J connectivity index is 2.23. The summed E-state index contributed by atoms with van der Waals surface area (Å²) in [4.78, 5) is 23.0. The van der Waals surface area contributed by atoms with E-state index in [2.05, 4.69) is 10.1 Å². The van der Waals surface area contributed by atoms with E-state index in [1.54, 1.807) is 12.2 Å². The summed E-state index contributed by atoms with van der Waals surface area (Å²) in [6.07, 6.45) is 14.9. The number of ether oxygens (including phenoxy) is 1. The van der Waals surface area contributed by atoms with E-state index in [-0.39, 0.29) is 5.91 Å². The van der Waals surface area contributed by atoms with E-state index in [1.165, 1.54) is 7.11 Å². The van der Waals surface area contributed by atoms with Crippen LogP contribution < -0.4 is 11.1 Å². The molecule has 0 saturated heterocycles. The Hall–Kier alpha value is -2.14. The summed E-state index contributed by atoms with van der Waals surface area (Å²) >= 11 is 0. The van der Waals surface area contributed by atoms with Gasteiger partial charge in [0, 0.05) is 12.1 Å². The summed E-state index contributed by atoms with van der Waals surface area (Å²) in [5.74, 6) is -0.507. The van der Waals surface area contributed by atoms with Gasteiger partial charge in [0.05, 0.1) is 7.11 Å². The van der Waals surface area contributed by atoms with Crippen LogP contribution in [0.2, 0.25) is 0 Å². The van der Waals surface area contributed by atoms with Gasteiger partial charge in [0.25, 0.3) is 5.91 Å². The highest BCUT2D eigenvalue weighted by molar-refractivity contribution is 5.96. The van der Waals surface area contributed by atoms with Gasteiger partial charge in [-0.25, -0.2) is 0 Å². The number of allylic oxidation sites excluding steroid dienone is 6. The van der Waals surface area contributed by atoms with Crippen molar-refractivity contribution in [3.8, 4) is 0 Å². The summed E-state index contributed by atoms with van der Waals surface area (Å²) < 4.78 is 4.55. The zero-order chi connectivity index (χ0) is 15.5. The van der Waals surface area contributed by atoms with E-state index in [1.807, 2.05) is 30.4 Å². The quantitative estimate of drug-likeness (QED) is 0.548. The molecule has 0 saturated carbocycles. The number of rotatable bonds is 7. The van der Waals surface area contributed by atoms with Gasteiger partial charge in [-0.15, -0.1) is 0 Å². The Morgan fingerprint density at radius 2 is 1.90 bits per heavy atom. The third-order valence-electron chi connectivity index (χ3n) is 2.99. The lowest BCUT2D eigenvalue weighted by Gasteiger charge is -2.09. The SMILES string of the molecule is COC(=O)C(N)CCCCNC(=O)C1=C/C=C\C=C/C=C1. The van der Waals surface area contributed by atoms with Crippen LogP contribution in [0.3, 0.4) is 0 Å². The van der Waals surface area contributed by atoms with Crippen LogP contribution in [-0.2, 0) is 14.3 Å². The number of nitrogens with two attached hydrogens (primary N) is 1. The molecule has 0 spiro atoms. The smallest absolute Gasteiger partial charge is 0.322 e. The molecule has 1 unspecified atom stereocenters. The van der Waals surface area contributed by atoms with Crippen molar-refractivity contribution in [2.24, 2.45) is 5.73 Å². The van der Waals surface area contributed by atoms with E-state index in [0.717, 1.165) is 12.8 Å². The number of nitrogens with one attached hydrogen (secondary N) is 1. The lowest BCUT2D eigenvalue weighted by Crippen LogP contribution is -2.31. The molecule has 0 radical (unpaired) electrons. The molecule has 0 heterocycles. The van der Waals surface area contributed by atoms with E-state index in [9.17, 15) is 9.59 Å². The molecule has 3 N–H and O–H groups in total. The van der Waals surface area contributed by atoms with Gasteiger partial charge in [0.15, 0.2) is 0 Å². The average Bonchev–Trinajstić information content (AvgIpc) is 2.45. The molecule has 1 amide bonds. The molecular weight excluding hydrogens is 268 g/mol. The van der Waals surface area contributed by atoms with Crippen LogP contribution in [0.15, 0.2) is 48.1 Å². The maximum absolute atomic E-state index is 11.9. The molecular formula is C16H22N2O3. The van der Waals surface area contributed by atoms with Crippen molar-refractivity contribution in [1.29, 1.82) is 0 Å². The molecule has 0 fully saturated rings. The van der Waals surface area contributed by atoms with Crippen molar-refractivity contribution >= 4 is 11.9 Å². The predicted octanol–water partition coefficient (Wildman–Crippen LogP) is 1.38. The lowest BCUT2D eigenvalue weighted by atomic mass is 10.1. The summed E-state index contributed by atoms with van der Waals surface area (Å²) in [7, 11) is 1.32. The van der Waals surface area contributed by atoms with Crippen LogP contribution in [0.4, 0.5) is 0 Å². The highest BCUT2D eigenvalue weighted by Crippen LogP contribution is 2.03. The topological polar surface area (TPSA) is 81.4 Å². The third kappa shape index (κ3) is 6.72. The number of carbonyl (C=O) groups is 2. The first kappa shape index (κ1) is 16.9. The largest absolute Gasteiger partial charge is 0.468 e. The van der Waals surface area contributed by atoms with Crippen LogP contribution in [0, 0.1) is 0 Å². The van der Waals surface area contributed by atoms with Gasteiger partial charge < -0.3 is 15.8 Å². The summed E-state index contributed by atoms with van der Waals surface area (Å²) in [6.45, 7) is 0.553. The van der Waals surface area contributed by atoms with Crippen molar-refractivity contribution in [3.63, 3.8) is 0 Å². The highest BCUT2D eigenvalue weighted by atomic mass is 16.5. The molecule has 0 aromatic heterocycles. The molecule has 5 heteroatoms. The molecule has 1 rings (SSSR count). The number of unbranched alkanes of at least 4 members (excludes halogenated alkanes) is 1. The second-order valence-electron chi connectivity index (χ2n) is 4.63. The number of amides is 1. The first-order valence-electron chi connectivity index (χ1n) is 6.98. The van der Waals surface area contributed by atoms with Crippen molar-refractivity contribution in [1.82, 2.24) is 5.32 Å². The van der Waals surface area contributed by atoms with Gasteiger partial charge >= 0.3 is 5.97 Å². The van der Waals surface area contributed by atoms with Crippen LogP contribution >= 0.6 is 0 Å². The van der Waals surface area contributed by atoms with Crippen LogP contribution in [0.25, 0.3) is 0 Å². The average molecular weight is 290 g/mol. The van der Waals surface area contributed by atoms with E-state index < -0.39 is 12.0 Å². The summed E-state index contributed by atoms with van der Waals surface area (Å²) in [5, 5.41) is 2.84. The Bertz CT molecular complexity index is 476. The summed E-state index contributed by atoms with van der Waals surface area (Å²) in [5.41, 5.74) is 6.24. The first-order chi connectivity index (χ1) is 10.1. The summed E-state index contributed by atoms with van der Waals surface area (Å²) in [6, 6.07) is -0.584. The van der Waals surface area contributed by atoms with E-state index in [0.29, 0.717) is 18.5 Å². The fraction of sp³-hybridized carbons (Fsp3) is 0.375. The van der Waals surface area contributed by atoms with Crippen molar-refractivity contribution in [2.75, 3.05) is 13.7 Å². The Morgan fingerprint density at radius 1 is 1.19 bits per heavy atom. The van der Waals surface area contributed by atoms with Gasteiger partial charge in [0.2, 0.25) is 0 Å². The monoisotopic (exact) mass is 290 g/mol. The third-order valence-corrected chi connectivity index (χ3v) is 2.99. The van der Waals surface area contributed by atoms with Crippen molar-refractivity contribution in [2.45, 2.75) is 25.3 Å². The predicted molar refractivity (Wildman–Crippen MR) is 82.4 cm³/mol. The van der Waals surface area contributed by atoms with Gasteiger partial charge in [-0.05, 0) is 31.4 Å². The van der Waals surface area contributed by atoms with Crippen molar-refractivity contribution < 1.29 is 14.3 Å². The van der Waals surface area contributed by atoms with Crippen LogP contribution in [0.1, 0.15) is 19.3 Å². The second-order valence-corrected chi connectivity index (χ2v) is 4.63. The molecule has 1 atom stereocenters. The number of hydrogen-bond acceptors (Lipinski definition) is 4. The second kappa shape index (κ2) is 9.72. The molecule has 5 nitrogen and oxygen atoms in total. The molecule has 114 valence electrons. The molecule has 1 aliphatic carbocycles. The fourth-order valence-electron chi connectivity index (χ4n) is 1.78. The standard InChI is InChI=1S/C16H22N2O3/c1-21-16(20)14(17)11-7-8-12-18-15(19)13-9-5-3-2-4-6-10-13/h2-6,9-10,14H,7-8,11-12,17H2,1H3,(H,18,19)/b3-2-,4-2?,5-3?,6-4-,9-5?,10-6?,13-9?,13-10?. The van der Waals surface area contributed by atoms with Gasteiger partial charge in [-0.1, -0.05) is 30.4 Å². The maximum Gasteiger partial charge on any atom is 0.322 e. The number of hydrogen-bond donors (Lipinski definition) is 2. The van der Waals surface area contributed by atoms with Gasteiger partial charge in [-0.3, -0.25) is 9.59 Å². The van der Waals surface area contributed by atoms with E-state index in [4.69, 9.17) is 5.73 Å². The molecule has 0 aromatic rings. The number of esters is 1. The minimum absolute atomic E-state index is 0.108. The Kier molecular flexibility index (Phi) is 7.82.